The van der Waals surface area contributed by atoms with Gasteiger partial charge in [-0.2, -0.15) is 5.26 Å². The smallest absolute Gasteiger partial charge is 0.0839 e. The molecule has 1 aromatic carbocycles. The van der Waals surface area contributed by atoms with Gasteiger partial charge in [-0.3, -0.25) is 4.90 Å². The van der Waals surface area contributed by atoms with Crippen molar-refractivity contribution < 1.29 is 5.11 Å². The van der Waals surface area contributed by atoms with Gasteiger partial charge in [-0.15, -0.1) is 0 Å². The van der Waals surface area contributed by atoms with E-state index < -0.39 is 5.60 Å². The van der Waals surface area contributed by atoms with Gasteiger partial charge in [-0.05, 0) is 31.9 Å². The van der Waals surface area contributed by atoms with Gasteiger partial charge in [-0.25, -0.2) is 0 Å². The largest absolute Gasteiger partial charge is 0.389 e. The number of hydrogen-bond acceptors (Lipinski definition) is 3. The number of nitrogens with zero attached hydrogens (tertiary/aromatic N) is 2. The predicted molar refractivity (Wildman–Crippen MR) is 71.1 cm³/mol. The maximum atomic E-state index is 10.1. The number of piperidine rings is 1. The Labute approximate surface area is 109 Å². The zero-order chi connectivity index (χ0) is 13.0. The molecule has 1 aliphatic rings. The highest BCUT2D eigenvalue weighted by Crippen LogP contribution is 2.23. The lowest BCUT2D eigenvalue weighted by atomic mass is 9.93. The molecule has 2 atom stereocenters. The van der Waals surface area contributed by atoms with Crippen LogP contribution in [0.1, 0.15) is 31.2 Å². The molecular formula is C15H20N2O. The number of nitriles is 1. The quantitative estimate of drug-likeness (QED) is 0.886. The third-order valence-corrected chi connectivity index (χ3v) is 3.55. The Bertz CT molecular complexity index is 422. The van der Waals surface area contributed by atoms with Gasteiger partial charge >= 0.3 is 0 Å². The normalized spacial score (nSPS) is 26.5. The molecule has 0 radical (unpaired) electrons. The molecular weight excluding hydrogens is 224 g/mol. The average Bonchev–Trinajstić information content (AvgIpc) is 2.36. The van der Waals surface area contributed by atoms with Crippen molar-refractivity contribution >= 4 is 0 Å². The Morgan fingerprint density at radius 1 is 1.44 bits per heavy atom. The van der Waals surface area contributed by atoms with E-state index in [0.29, 0.717) is 13.1 Å². The van der Waals surface area contributed by atoms with Crippen LogP contribution in [0, 0.1) is 11.3 Å². The minimum atomic E-state index is -0.602. The molecule has 0 bridgehead atoms. The fraction of sp³-hybridized carbons (Fsp3) is 0.533. The summed E-state index contributed by atoms with van der Waals surface area (Å²) in [5.41, 5.74) is 0.458. The van der Waals surface area contributed by atoms with Crippen LogP contribution in [-0.4, -0.2) is 35.2 Å². The van der Waals surface area contributed by atoms with Crippen LogP contribution >= 0.6 is 0 Å². The summed E-state index contributed by atoms with van der Waals surface area (Å²) in [6.07, 6.45) is 1.85. The molecule has 1 saturated heterocycles. The van der Waals surface area contributed by atoms with Crippen LogP contribution in [0.15, 0.2) is 30.3 Å². The van der Waals surface area contributed by atoms with E-state index >= 15 is 0 Å². The first kappa shape index (κ1) is 13.1. The molecule has 96 valence electrons. The molecule has 2 unspecified atom stereocenters. The number of β-amino-alcohol motifs (C(OH)–C–C–N with tert-alkyl or cyclic N) is 1. The van der Waals surface area contributed by atoms with Gasteiger partial charge in [0.2, 0.25) is 0 Å². The van der Waals surface area contributed by atoms with Crippen LogP contribution in [0.3, 0.4) is 0 Å². The van der Waals surface area contributed by atoms with Crippen molar-refractivity contribution in [3.8, 4) is 6.07 Å². The zero-order valence-corrected chi connectivity index (χ0v) is 10.8. The van der Waals surface area contributed by atoms with Gasteiger partial charge in [0.1, 0.15) is 0 Å². The fourth-order valence-electron chi connectivity index (χ4n) is 2.64. The molecule has 1 heterocycles. The van der Waals surface area contributed by atoms with E-state index in [4.69, 9.17) is 0 Å². The standard InChI is InChI=1S/C15H20N2O/c1-15(18)8-5-9-17(12-15)11-14(10-16)13-6-3-2-4-7-13/h2-4,6-7,14,18H,5,8-9,11-12H2,1H3. The fourth-order valence-corrected chi connectivity index (χ4v) is 2.64. The summed E-state index contributed by atoms with van der Waals surface area (Å²) in [6, 6.07) is 12.3. The molecule has 1 aliphatic heterocycles. The summed E-state index contributed by atoms with van der Waals surface area (Å²) >= 11 is 0. The molecule has 1 aromatic rings. The maximum absolute atomic E-state index is 10.1. The lowest BCUT2D eigenvalue weighted by Crippen LogP contribution is -2.47. The van der Waals surface area contributed by atoms with E-state index in [9.17, 15) is 10.4 Å². The van der Waals surface area contributed by atoms with Crippen molar-refractivity contribution in [1.29, 1.82) is 5.26 Å². The van der Waals surface area contributed by atoms with E-state index in [1.807, 2.05) is 37.3 Å². The zero-order valence-electron chi connectivity index (χ0n) is 10.8. The predicted octanol–water partition coefficient (Wildman–Crippen LogP) is 2.14. The van der Waals surface area contributed by atoms with Crippen LogP contribution in [0.5, 0.6) is 0 Å². The Hall–Kier alpha value is -1.37. The van der Waals surface area contributed by atoms with E-state index in [2.05, 4.69) is 11.0 Å². The number of aliphatic hydroxyl groups is 1. The number of rotatable bonds is 3. The Kier molecular flexibility index (Phi) is 4.00. The molecule has 0 aliphatic carbocycles. The molecule has 1 N–H and O–H groups in total. The van der Waals surface area contributed by atoms with Crippen LogP contribution in [0.25, 0.3) is 0 Å². The molecule has 3 nitrogen and oxygen atoms in total. The first-order valence-corrected chi connectivity index (χ1v) is 6.50. The van der Waals surface area contributed by atoms with Gasteiger partial charge < -0.3 is 5.11 Å². The van der Waals surface area contributed by atoms with Gasteiger partial charge in [0, 0.05) is 13.1 Å². The molecule has 0 saturated carbocycles. The molecule has 3 heteroatoms. The second-order valence-electron chi connectivity index (χ2n) is 5.43. The van der Waals surface area contributed by atoms with Crippen LogP contribution < -0.4 is 0 Å². The van der Waals surface area contributed by atoms with Gasteiger partial charge in [0.05, 0.1) is 17.6 Å². The monoisotopic (exact) mass is 244 g/mol. The topological polar surface area (TPSA) is 47.3 Å². The summed E-state index contributed by atoms with van der Waals surface area (Å²) in [4.78, 5) is 2.20. The van der Waals surface area contributed by atoms with Gasteiger partial charge in [0.15, 0.2) is 0 Å². The average molecular weight is 244 g/mol. The summed E-state index contributed by atoms with van der Waals surface area (Å²) in [6.45, 7) is 4.22. The van der Waals surface area contributed by atoms with E-state index in [1.165, 1.54) is 0 Å². The lowest BCUT2D eigenvalue weighted by Gasteiger charge is -2.37. The first-order valence-electron chi connectivity index (χ1n) is 6.50. The Morgan fingerprint density at radius 3 is 2.78 bits per heavy atom. The Balaban J connectivity index is 2.01. The number of likely N-dealkylation sites (tertiary alicyclic amines) is 1. The maximum Gasteiger partial charge on any atom is 0.0839 e. The molecule has 0 spiro atoms. The van der Waals surface area contributed by atoms with Crippen molar-refractivity contribution in [3.05, 3.63) is 35.9 Å². The highest BCUT2D eigenvalue weighted by molar-refractivity contribution is 5.25. The Morgan fingerprint density at radius 2 is 2.17 bits per heavy atom. The van der Waals surface area contributed by atoms with Crippen LogP contribution in [-0.2, 0) is 0 Å². The van der Waals surface area contributed by atoms with Gasteiger partial charge in [0.25, 0.3) is 0 Å². The third kappa shape index (κ3) is 3.32. The molecule has 0 aromatic heterocycles. The second kappa shape index (κ2) is 5.51. The molecule has 18 heavy (non-hydrogen) atoms. The summed E-state index contributed by atoms with van der Waals surface area (Å²) in [5, 5.41) is 19.4. The van der Waals surface area contributed by atoms with E-state index in [0.717, 1.165) is 24.9 Å². The van der Waals surface area contributed by atoms with Crippen LogP contribution in [0.2, 0.25) is 0 Å². The summed E-state index contributed by atoms with van der Waals surface area (Å²) < 4.78 is 0. The number of benzene rings is 1. The third-order valence-electron chi connectivity index (χ3n) is 3.55. The summed E-state index contributed by atoms with van der Waals surface area (Å²) in [7, 11) is 0. The number of hydrogen-bond donors (Lipinski definition) is 1. The SMILES string of the molecule is CC1(O)CCCN(CC(C#N)c2ccccc2)C1. The van der Waals surface area contributed by atoms with Crippen LogP contribution in [0.4, 0.5) is 0 Å². The minimum Gasteiger partial charge on any atom is -0.389 e. The van der Waals surface area contributed by atoms with E-state index in [1.54, 1.807) is 0 Å². The van der Waals surface area contributed by atoms with Crippen molar-refractivity contribution in [2.75, 3.05) is 19.6 Å². The second-order valence-corrected chi connectivity index (χ2v) is 5.43. The lowest BCUT2D eigenvalue weighted by molar-refractivity contribution is -0.0159. The summed E-state index contributed by atoms with van der Waals surface area (Å²) in [5.74, 6) is -0.111. The van der Waals surface area contributed by atoms with E-state index in [-0.39, 0.29) is 5.92 Å². The van der Waals surface area contributed by atoms with Crippen molar-refractivity contribution in [2.45, 2.75) is 31.3 Å². The molecule has 0 amide bonds. The first-order chi connectivity index (χ1) is 8.61. The highest BCUT2D eigenvalue weighted by atomic mass is 16.3. The minimum absolute atomic E-state index is 0.111. The highest BCUT2D eigenvalue weighted by Gasteiger charge is 2.29. The molecule has 2 rings (SSSR count). The molecule has 1 fully saturated rings. The van der Waals surface area contributed by atoms with Crippen molar-refractivity contribution in [3.63, 3.8) is 0 Å². The van der Waals surface area contributed by atoms with Crippen molar-refractivity contribution in [1.82, 2.24) is 4.90 Å². The van der Waals surface area contributed by atoms with Gasteiger partial charge in [-0.1, -0.05) is 30.3 Å². The van der Waals surface area contributed by atoms with Crippen molar-refractivity contribution in [2.24, 2.45) is 0 Å².